The largest absolute Gasteiger partial charge is 0.493 e. The molecule has 0 fully saturated rings. The summed E-state index contributed by atoms with van der Waals surface area (Å²) in [6.07, 6.45) is 1.02. The van der Waals surface area contributed by atoms with Crippen LogP contribution < -0.4 is 9.47 Å². The van der Waals surface area contributed by atoms with Crippen LogP contribution in [0.3, 0.4) is 0 Å². The zero-order chi connectivity index (χ0) is 11.3. The number of benzene rings is 1. The van der Waals surface area contributed by atoms with Crippen molar-refractivity contribution in [3.05, 3.63) is 23.8 Å². The van der Waals surface area contributed by atoms with E-state index in [9.17, 15) is 0 Å². The summed E-state index contributed by atoms with van der Waals surface area (Å²) in [5.74, 6) is 3.04. The summed E-state index contributed by atoms with van der Waals surface area (Å²) in [6, 6.07) is 6.04. The minimum Gasteiger partial charge on any atom is -0.493 e. The lowest BCUT2D eigenvalue weighted by Crippen LogP contribution is -2.01. The van der Waals surface area contributed by atoms with Crippen LogP contribution in [0.4, 0.5) is 0 Å². The maximum absolute atomic E-state index is 5.25. The molecule has 0 aromatic heterocycles. The average Bonchev–Trinajstić information content (AvgIpc) is 2.28. The second kappa shape index (κ2) is 5.91. The number of hydrogen-bond acceptors (Lipinski definition) is 3. The fraction of sp³-hybridized carbons (Fsp3) is 0.500. The highest BCUT2D eigenvalue weighted by Gasteiger charge is 2.06. The Morgan fingerprint density at radius 1 is 1.20 bits per heavy atom. The molecule has 0 aliphatic rings. The van der Waals surface area contributed by atoms with Gasteiger partial charge in [0.1, 0.15) is 0 Å². The van der Waals surface area contributed by atoms with Gasteiger partial charge in [-0.05, 0) is 35.8 Å². The van der Waals surface area contributed by atoms with E-state index in [0.29, 0.717) is 5.92 Å². The molecule has 2 nitrogen and oxygen atoms in total. The minimum atomic E-state index is 0.575. The molecule has 84 valence electrons. The maximum atomic E-state index is 5.25. The first kappa shape index (κ1) is 12.2. The molecule has 0 spiro atoms. The lowest BCUT2D eigenvalue weighted by atomic mass is 10.0. The first-order valence-electron chi connectivity index (χ1n) is 5.03. The van der Waals surface area contributed by atoms with Crippen molar-refractivity contribution in [1.29, 1.82) is 0 Å². The molecule has 0 N–H and O–H groups in total. The first-order chi connectivity index (χ1) is 7.21. The van der Waals surface area contributed by atoms with Crippen molar-refractivity contribution < 1.29 is 9.47 Å². The van der Waals surface area contributed by atoms with Crippen LogP contribution in [-0.4, -0.2) is 20.0 Å². The molecule has 1 aromatic carbocycles. The zero-order valence-electron chi connectivity index (χ0n) is 9.49. The second-order valence-corrected chi connectivity index (χ2v) is 4.05. The Bertz CT molecular complexity index is 312. The highest BCUT2D eigenvalue weighted by molar-refractivity contribution is 7.80. The normalized spacial score (nSPS) is 12.3. The van der Waals surface area contributed by atoms with Crippen molar-refractivity contribution in [1.82, 2.24) is 0 Å². The van der Waals surface area contributed by atoms with Crippen LogP contribution in [0.5, 0.6) is 11.5 Å². The van der Waals surface area contributed by atoms with Gasteiger partial charge in [0.15, 0.2) is 11.5 Å². The van der Waals surface area contributed by atoms with Gasteiger partial charge < -0.3 is 9.47 Å². The molecule has 0 heterocycles. The van der Waals surface area contributed by atoms with E-state index < -0.39 is 0 Å². The predicted octanol–water partition coefficient (Wildman–Crippen LogP) is 2.81. The van der Waals surface area contributed by atoms with Crippen LogP contribution in [0.1, 0.15) is 12.5 Å². The van der Waals surface area contributed by atoms with E-state index in [0.717, 1.165) is 23.7 Å². The van der Waals surface area contributed by atoms with Gasteiger partial charge in [-0.3, -0.25) is 0 Å². The Kier molecular flexibility index (Phi) is 4.82. The highest BCUT2D eigenvalue weighted by atomic mass is 32.1. The number of ether oxygens (including phenoxy) is 2. The van der Waals surface area contributed by atoms with Gasteiger partial charge in [-0.1, -0.05) is 13.0 Å². The van der Waals surface area contributed by atoms with E-state index in [4.69, 9.17) is 9.47 Å². The molecule has 0 radical (unpaired) electrons. The van der Waals surface area contributed by atoms with Crippen LogP contribution in [0.25, 0.3) is 0 Å². The zero-order valence-corrected chi connectivity index (χ0v) is 10.4. The quantitative estimate of drug-likeness (QED) is 0.778. The Balaban J connectivity index is 2.83. The lowest BCUT2D eigenvalue weighted by molar-refractivity contribution is 0.354. The van der Waals surface area contributed by atoms with Crippen LogP contribution in [0.15, 0.2) is 18.2 Å². The van der Waals surface area contributed by atoms with Crippen molar-refractivity contribution in [2.24, 2.45) is 5.92 Å². The third-order valence-corrected chi connectivity index (χ3v) is 2.97. The second-order valence-electron chi connectivity index (χ2n) is 3.68. The van der Waals surface area contributed by atoms with E-state index in [-0.39, 0.29) is 0 Å². The standard InChI is InChI=1S/C12H18O2S/c1-9(8-15)6-10-4-5-11(13-2)12(7-10)14-3/h4-5,7,9,15H,6,8H2,1-3H3. The third kappa shape index (κ3) is 3.34. The van der Waals surface area contributed by atoms with Gasteiger partial charge in [-0.25, -0.2) is 0 Å². The molecule has 0 saturated carbocycles. The molecular weight excluding hydrogens is 208 g/mol. The molecule has 0 amide bonds. The number of methoxy groups -OCH3 is 2. The van der Waals surface area contributed by atoms with Crippen molar-refractivity contribution >= 4 is 12.6 Å². The molecule has 15 heavy (non-hydrogen) atoms. The summed E-state index contributed by atoms with van der Waals surface area (Å²) >= 11 is 4.28. The van der Waals surface area contributed by atoms with Crippen LogP contribution >= 0.6 is 12.6 Å². The Morgan fingerprint density at radius 2 is 1.87 bits per heavy atom. The molecule has 1 atom stereocenters. The first-order valence-corrected chi connectivity index (χ1v) is 5.66. The Morgan fingerprint density at radius 3 is 2.40 bits per heavy atom. The molecule has 1 unspecified atom stereocenters. The van der Waals surface area contributed by atoms with Gasteiger partial charge in [0.05, 0.1) is 14.2 Å². The smallest absolute Gasteiger partial charge is 0.160 e. The van der Waals surface area contributed by atoms with Gasteiger partial charge in [0.25, 0.3) is 0 Å². The number of rotatable bonds is 5. The highest BCUT2D eigenvalue weighted by Crippen LogP contribution is 2.28. The maximum Gasteiger partial charge on any atom is 0.160 e. The van der Waals surface area contributed by atoms with E-state index in [2.05, 4.69) is 25.6 Å². The Labute approximate surface area is 97.0 Å². The van der Waals surface area contributed by atoms with Crippen molar-refractivity contribution in [3.63, 3.8) is 0 Å². The van der Waals surface area contributed by atoms with Gasteiger partial charge in [-0.2, -0.15) is 12.6 Å². The summed E-state index contributed by atoms with van der Waals surface area (Å²) in [6.45, 7) is 2.18. The van der Waals surface area contributed by atoms with E-state index in [1.165, 1.54) is 5.56 Å². The van der Waals surface area contributed by atoms with Gasteiger partial charge in [0.2, 0.25) is 0 Å². The molecule has 0 aliphatic carbocycles. The van der Waals surface area contributed by atoms with Crippen LogP contribution in [0, 0.1) is 5.92 Å². The van der Waals surface area contributed by atoms with E-state index in [1.807, 2.05) is 12.1 Å². The molecule has 0 bridgehead atoms. The Hall–Kier alpha value is -0.830. The average molecular weight is 226 g/mol. The summed E-state index contributed by atoms with van der Waals surface area (Å²) in [7, 11) is 3.30. The van der Waals surface area contributed by atoms with E-state index in [1.54, 1.807) is 14.2 Å². The van der Waals surface area contributed by atoms with Crippen molar-refractivity contribution in [3.8, 4) is 11.5 Å². The third-order valence-electron chi connectivity index (χ3n) is 2.34. The topological polar surface area (TPSA) is 18.5 Å². The fourth-order valence-corrected chi connectivity index (χ4v) is 1.60. The molecule has 1 rings (SSSR count). The molecular formula is C12H18O2S. The van der Waals surface area contributed by atoms with Crippen molar-refractivity contribution in [2.75, 3.05) is 20.0 Å². The lowest BCUT2D eigenvalue weighted by Gasteiger charge is -2.11. The summed E-state index contributed by atoms with van der Waals surface area (Å²) in [5, 5.41) is 0. The summed E-state index contributed by atoms with van der Waals surface area (Å²) in [4.78, 5) is 0. The van der Waals surface area contributed by atoms with Crippen LogP contribution in [0.2, 0.25) is 0 Å². The fourth-order valence-electron chi connectivity index (χ4n) is 1.47. The molecule has 3 heteroatoms. The SMILES string of the molecule is COc1ccc(CC(C)CS)cc1OC. The van der Waals surface area contributed by atoms with Crippen molar-refractivity contribution in [2.45, 2.75) is 13.3 Å². The summed E-state index contributed by atoms with van der Waals surface area (Å²) in [5.41, 5.74) is 1.26. The number of hydrogen-bond donors (Lipinski definition) is 1. The van der Waals surface area contributed by atoms with Gasteiger partial charge in [0, 0.05) is 0 Å². The van der Waals surface area contributed by atoms with E-state index >= 15 is 0 Å². The number of thiol groups is 1. The van der Waals surface area contributed by atoms with Gasteiger partial charge in [-0.15, -0.1) is 0 Å². The minimum absolute atomic E-state index is 0.575. The van der Waals surface area contributed by atoms with Gasteiger partial charge >= 0.3 is 0 Å². The summed E-state index contributed by atoms with van der Waals surface area (Å²) < 4.78 is 10.4. The predicted molar refractivity (Wildman–Crippen MR) is 66.3 cm³/mol. The molecule has 1 aromatic rings. The molecule has 0 aliphatic heterocycles. The monoisotopic (exact) mass is 226 g/mol. The molecule has 0 saturated heterocycles. The van der Waals surface area contributed by atoms with Crippen LogP contribution in [-0.2, 0) is 6.42 Å².